The van der Waals surface area contributed by atoms with Gasteiger partial charge in [0.25, 0.3) is 0 Å². The maximum Gasteiger partial charge on any atom is 0.224 e. The minimum Gasteiger partial charge on any atom is -0.352 e. The van der Waals surface area contributed by atoms with E-state index in [0.29, 0.717) is 35.1 Å². The highest BCUT2D eigenvalue weighted by Crippen LogP contribution is 2.31. The molecular formula is C29H33N11O. The van der Waals surface area contributed by atoms with Crippen molar-refractivity contribution in [2.75, 3.05) is 56.5 Å². The van der Waals surface area contributed by atoms with Crippen LogP contribution in [0.15, 0.2) is 42.9 Å². The Bertz CT molecular complexity index is 1700. The van der Waals surface area contributed by atoms with Crippen molar-refractivity contribution in [2.24, 2.45) is 5.92 Å². The summed E-state index contributed by atoms with van der Waals surface area (Å²) in [5.74, 6) is 1.96. The Labute approximate surface area is 237 Å². The van der Waals surface area contributed by atoms with Gasteiger partial charge in [-0.15, -0.1) is 0 Å². The Morgan fingerprint density at radius 3 is 2.73 bits per heavy atom. The van der Waals surface area contributed by atoms with Gasteiger partial charge in [-0.05, 0) is 63.2 Å². The summed E-state index contributed by atoms with van der Waals surface area (Å²) in [6.07, 6.45) is 7.83. The molecular weight excluding hydrogens is 518 g/mol. The highest BCUT2D eigenvalue weighted by atomic mass is 16.1. The summed E-state index contributed by atoms with van der Waals surface area (Å²) in [5, 5.41) is 14.0. The molecule has 7 rings (SSSR count). The van der Waals surface area contributed by atoms with Gasteiger partial charge in [-0.1, -0.05) is 0 Å². The smallest absolute Gasteiger partial charge is 0.224 e. The van der Waals surface area contributed by atoms with Crippen LogP contribution >= 0.6 is 0 Å². The van der Waals surface area contributed by atoms with E-state index in [0.717, 1.165) is 85.7 Å². The van der Waals surface area contributed by atoms with Gasteiger partial charge in [0.15, 0.2) is 17.3 Å². The van der Waals surface area contributed by atoms with Crippen molar-refractivity contribution in [3.8, 4) is 22.8 Å². The summed E-state index contributed by atoms with van der Waals surface area (Å²) in [6.45, 7) is 5.75. The van der Waals surface area contributed by atoms with E-state index in [-0.39, 0.29) is 5.91 Å². The van der Waals surface area contributed by atoms with Gasteiger partial charge in [-0.25, -0.2) is 15.0 Å². The van der Waals surface area contributed by atoms with Crippen LogP contribution in [-0.4, -0.2) is 92.2 Å². The average molecular weight is 552 g/mol. The van der Waals surface area contributed by atoms with Crippen LogP contribution in [0.5, 0.6) is 0 Å². The fourth-order valence-electron chi connectivity index (χ4n) is 5.72. The number of aromatic amines is 2. The average Bonchev–Trinajstić information content (AvgIpc) is 3.62. The number of piperazine rings is 1. The number of piperidine rings is 1. The second-order valence-electron chi connectivity index (χ2n) is 11.0. The van der Waals surface area contributed by atoms with Crippen molar-refractivity contribution in [3.63, 3.8) is 0 Å². The summed E-state index contributed by atoms with van der Waals surface area (Å²) in [5.41, 5.74) is 6.10. The van der Waals surface area contributed by atoms with Gasteiger partial charge in [0, 0.05) is 50.6 Å². The number of aromatic nitrogens is 7. The topological polar surface area (TPSA) is 144 Å². The summed E-state index contributed by atoms with van der Waals surface area (Å²) in [6, 6.07) is 7.73. The molecule has 0 aliphatic carbocycles. The molecule has 5 aromatic heterocycles. The summed E-state index contributed by atoms with van der Waals surface area (Å²) in [7, 11) is 2.14. The minimum absolute atomic E-state index is 0.0201. The molecule has 0 saturated carbocycles. The number of nitrogens with zero attached hydrogens (tertiary/aromatic N) is 7. The molecule has 210 valence electrons. The molecule has 0 unspecified atom stereocenters. The number of rotatable bonds is 6. The van der Waals surface area contributed by atoms with Crippen molar-refractivity contribution >= 4 is 39.5 Å². The molecule has 2 aliphatic heterocycles. The summed E-state index contributed by atoms with van der Waals surface area (Å²) < 4.78 is 0. The normalized spacial score (nSPS) is 17.0. The molecule has 12 heteroatoms. The number of likely N-dealkylation sites (N-methyl/N-ethyl adjacent to an activating group) is 1. The van der Waals surface area contributed by atoms with Crippen LogP contribution in [0.1, 0.15) is 19.3 Å². The van der Waals surface area contributed by atoms with Crippen molar-refractivity contribution in [2.45, 2.75) is 19.3 Å². The first kappa shape index (κ1) is 25.5. The Hall–Kier alpha value is -4.42. The van der Waals surface area contributed by atoms with E-state index in [9.17, 15) is 4.79 Å². The standard InChI is InChI=1S/C29H33N11O/c1-39-10-12-40(13-11-39)29-26-22(6-9-32-29)35-28(36-26)27-25-23(37-38-27)3-2-21(34-25)19-15-20(17-31-16-19)33-24(41)14-18-4-7-30-8-5-18/h2-3,6,9,15-18,30H,4-5,7-8,10-14H2,1H3,(H,33,41)(H,35,36)(H,37,38). The molecule has 0 bridgehead atoms. The van der Waals surface area contributed by atoms with E-state index in [1.165, 1.54) is 0 Å². The van der Waals surface area contributed by atoms with Crippen LogP contribution in [0.2, 0.25) is 0 Å². The van der Waals surface area contributed by atoms with Crippen LogP contribution in [0.25, 0.3) is 44.8 Å². The molecule has 0 spiro atoms. The van der Waals surface area contributed by atoms with E-state index in [2.05, 4.69) is 52.6 Å². The van der Waals surface area contributed by atoms with E-state index in [1.807, 2.05) is 30.5 Å². The molecule has 41 heavy (non-hydrogen) atoms. The highest BCUT2D eigenvalue weighted by molar-refractivity contribution is 5.94. The number of amides is 1. The number of hydrogen-bond acceptors (Lipinski definition) is 9. The van der Waals surface area contributed by atoms with Crippen LogP contribution < -0.4 is 15.5 Å². The van der Waals surface area contributed by atoms with Crippen molar-refractivity contribution in [3.05, 3.63) is 42.9 Å². The monoisotopic (exact) mass is 551 g/mol. The van der Waals surface area contributed by atoms with E-state index in [1.54, 1.807) is 12.4 Å². The molecule has 0 atom stereocenters. The zero-order valence-corrected chi connectivity index (χ0v) is 23.0. The van der Waals surface area contributed by atoms with Crippen LogP contribution in [0.4, 0.5) is 11.5 Å². The minimum atomic E-state index is 0.0201. The molecule has 1 amide bonds. The Kier molecular flexibility index (Phi) is 6.77. The third-order valence-electron chi connectivity index (χ3n) is 8.07. The maximum absolute atomic E-state index is 12.7. The molecule has 2 fully saturated rings. The second-order valence-corrected chi connectivity index (χ2v) is 11.0. The van der Waals surface area contributed by atoms with Gasteiger partial charge in [0.2, 0.25) is 5.91 Å². The largest absolute Gasteiger partial charge is 0.352 e. The van der Waals surface area contributed by atoms with Gasteiger partial charge in [0.05, 0.1) is 28.6 Å². The predicted molar refractivity (Wildman–Crippen MR) is 159 cm³/mol. The molecule has 7 heterocycles. The van der Waals surface area contributed by atoms with Crippen molar-refractivity contribution < 1.29 is 4.79 Å². The first-order valence-electron chi connectivity index (χ1n) is 14.2. The lowest BCUT2D eigenvalue weighted by molar-refractivity contribution is -0.117. The molecule has 2 aliphatic rings. The Morgan fingerprint density at radius 2 is 1.88 bits per heavy atom. The first-order valence-corrected chi connectivity index (χ1v) is 14.2. The zero-order chi connectivity index (χ0) is 27.8. The zero-order valence-electron chi connectivity index (χ0n) is 23.0. The molecule has 2 saturated heterocycles. The number of carbonyl (C=O) groups is 1. The molecule has 0 radical (unpaired) electrons. The molecule has 12 nitrogen and oxygen atoms in total. The number of pyridine rings is 3. The summed E-state index contributed by atoms with van der Waals surface area (Å²) >= 11 is 0. The fourth-order valence-corrected chi connectivity index (χ4v) is 5.72. The number of H-pyrrole nitrogens is 2. The van der Waals surface area contributed by atoms with E-state index >= 15 is 0 Å². The van der Waals surface area contributed by atoms with Gasteiger partial charge in [-0.2, -0.15) is 5.10 Å². The van der Waals surface area contributed by atoms with Crippen LogP contribution in [0.3, 0.4) is 0 Å². The highest BCUT2D eigenvalue weighted by Gasteiger charge is 2.22. The maximum atomic E-state index is 12.7. The van der Waals surface area contributed by atoms with Gasteiger partial charge < -0.3 is 25.4 Å². The lowest BCUT2D eigenvalue weighted by atomic mass is 9.94. The Morgan fingerprint density at radius 1 is 1.02 bits per heavy atom. The quantitative estimate of drug-likeness (QED) is 0.250. The second kappa shape index (κ2) is 10.9. The number of anilines is 2. The molecule has 4 N–H and O–H groups in total. The number of hydrogen-bond donors (Lipinski definition) is 4. The molecule has 5 aromatic rings. The van der Waals surface area contributed by atoms with Gasteiger partial charge >= 0.3 is 0 Å². The SMILES string of the molecule is CN1CCN(c2nccc3[nH]c(-c4n[nH]c5ccc(-c6cncc(NC(=O)CC7CCNCC7)c6)nc45)nc23)CC1. The van der Waals surface area contributed by atoms with E-state index < -0.39 is 0 Å². The number of fused-ring (bicyclic) bond motifs is 2. The number of carbonyl (C=O) groups excluding carboxylic acids is 1. The predicted octanol–water partition coefficient (Wildman–Crippen LogP) is 3.04. The fraction of sp³-hybridized carbons (Fsp3) is 0.379. The molecule has 0 aromatic carbocycles. The number of imidazole rings is 1. The van der Waals surface area contributed by atoms with Crippen LogP contribution in [-0.2, 0) is 4.79 Å². The van der Waals surface area contributed by atoms with Crippen molar-refractivity contribution in [1.82, 2.24) is 45.3 Å². The third-order valence-corrected chi connectivity index (χ3v) is 8.07. The first-order chi connectivity index (χ1) is 20.1. The Balaban J connectivity index is 1.16. The summed E-state index contributed by atoms with van der Waals surface area (Å²) in [4.78, 5) is 39.6. The lowest BCUT2D eigenvalue weighted by Gasteiger charge is -2.33. The van der Waals surface area contributed by atoms with Crippen LogP contribution in [0, 0.1) is 5.92 Å². The number of nitrogens with one attached hydrogen (secondary N) is 4. The van der Waals surface area contributed by atoms with Gasteiger partial charge in [0.1, 0.15) is 11.0 Å². The van der Waals surface area contributed by atoms with E-state index in [4.69, 9.17) is 9.97 Å². The lowest BCUT2D eigenvalue weighted by Crippen LogP contribution is -2.44. The van der Waals surface area contributed by atoms with Crippen molar-refractivity contribution in [1.29, 1.82) is 0 Å². The third kappa shape index (κ3) is 5.23. The van der Waals surface area contributed by atoms with Gasteiger partial charge in [-0.3, -0.25) is 14.9 Å².